The fraction of sp³-hybridized carbons (Fsp3) is 0.0833. The van der Waals surface area contributed by atoms with Crippen molar-refractivity contribution >= 4 is 21.7 Å². The molecule has 0 spiro atoms. The number of benzene rings is 1. The number of hydrogen-bond donors (Lipinski definition) is 1. The van der Waals surface area contributed by atoms with E-state index < -0.39 is 5.95 Å². The Morgan fingerprint density at radius 2 is 2.00 bits per heavy atom. The predicted molar refractivity (Wildman–Crippen MR) is 65.7 cm³/mol. The summed E-state index contributed by atoms with van der Waals surface area (Å²) in [5.41, 5.74) is 1.11. The molecule has 2 rings (SSSR count). The number of anilines is 1. The van der Waals surface area contributed by atoms with Crippen LogP contribution in [-0.2, 0) is 6.54 Å². The molecule has 0 aliphatic carbocycles. The molecule has 0 saturated carbocycles. The van der Waals surface area contributed by atoms with Gasteiger partial charge in [0.1, 0.15) is 5.82 Å². The van der Waals surface area contributed by atoms with Crippen LogP contribution in [0, 0.1) is 5.95 Å². The highest BCUT2D eigenvalue weighted by atomic mass is 79.9. The van der Waals surface area contributed by atoms with Gasteiger partial charge in [-0.3, -0.25) is 0 Å². The molecule has 0 bridgehead atoms. The zero-order valence-electron chi connectivity index (χ0n) is 8.45. The second-order valence-corrected chi connectivity index (χ2v) is 4.24. The van der Waals surface area contributed by atoms with Gasteiger partial charge in [0, 0.05) is 11.0 Å². The van der Waals surface area contributed by atoms with Crippen molar-refractivity contribution in [3.05, 3.63) is 58.4 Å². The van der Waals surface area contributed by atoms with Crippen molar-refractivity contribution in [2.75, 3.05) is 5.32 Å². The van der Waals surface area contributed by atoms with Gasteiger partial charge < -0.3 is 5.32 Å². The summed E-state index contributed by atoms with van der Waals surface area (Å²) >= 11 is 3.40. The van der Waals surface area contributed by atoms with Crippen molar-refractivity contribution in [2.45, 2.75) is 6.54 Å². The Bertz CT molecular complexity index is 442. The number of nitrogens with one attached hydrogen (secondary N) is 1. The van der Waals surface area contributed by atoms with E-state index in [9.17, 15) is 4.39 Å². The minimum Gasteiger partial charge on any atom is -0.366 e. The number of nitrogens with zero attached hydrogens (tertiary/aromatic N) is 1. The van der Waals surface area contributed by atoms with Gasteiger partial charge >= 0.3 is 0 Å². The molecule has 82 valence electrons. The Labute approximate surface area is 102 Å². The quantitative estimate of drug-likeness (QED) is 0.869. The first-order valence-electron chi connectivity index (χ1n) is 4.85. The molecule has 0 aliphatic heterocycles. The third kappa shape index (κ3) is 3.03. The molecule has 4 heteroatoms. The molecule has 1 aromatic carbocycles. The normalized spacial score (nSPS) is 10.1. The first-order valence-corrected chi connectivity index (χ1v) is 5.64. The van der Waals surface area contributed by atoms with Gasteiger partial charge in [0.05, 0.1) is 0 Å². The number of halogens is 2. The first-order chi connectivity index (χ1) is 7.74. The lowest BCUT2D eigenvalue weighted by Gasteiger charge is -2.05. The predicted octanol–water partition coefficient (Wildman–Crippen LogP) is 3.60. The number of pyridine rings is 1. The van der Waals surface area contributed by atoms with Crippen molar-refractivity contribution in [1.29, 1.82) is 0 Å². The zero-order chi connectivity index (χ0) is 11.4. The van der Waals surface area contributed by atoms with Crippen molar-refractivity contribution in [1.82, 2.24) is 4.98 Å². The standard InChI is InChI=1S/C12H10BrFN2/c13-10-4-1-3-9(7-10)8-15-12-6-2-5-11(14)16-12/h1-7H,8H2,(H,15,16). The van der Waals surface area contributed by atoms with Crippen LogP contribution in [-0.4, -0.2) is 4.98 Å². The van der Waals surface area contributed by atoms with Gasteiger partial charge in [-0.15, -0.1) is 0 Å². The Morgan fingerprint density at radius 3 is 2.75 bits per heavy atom. The summed E-state index contributed by atoms with van der Waals surface area (Å²) in [6.45, 7) is 0.621. The molecule has 2 aromatic rings. The van der Waals surface area contributed by atoms with Crippen molar-refractivity contribution in [2.24, 2.45) is 0 Å². The summed E-state index contributed by atoms with van der Waals surface area (Å²) in [6.07, 6.45) is 0. The molecular weight excluding hydrogens is 271 g/mol. The maximum absolute atomic E-state index is 12.8. The Hall–Kier alpha value is -1.42. The molecule has 0 radical (unpaired) electrons. The molecule has 1 aromatic heterocycles. The van der Waals surface area contributed by atoms with Gasteiger partial charge in [-0.25, -0.2) is 4.98 Å². The van der Waals surface area contributed by atoms with E-state index in [4.69, 9.17) is 0 Å². The van der Waals surface area contributed by atoms with Crippen molar-refractivity contribution < 1.29 is 4.39 Å². The van der Waals surface area contributed by atoms with Crippen molar-refractivity contribution in [3.8, 4) is 0 Å². The molecule has 16 heavy (non-hydrogen) atoms. The van der Waals surface area contributed by atoms with Gasteiger partial charge in [-0.1, -0.05) is 34.1 Å². The van der Waals surface area contributed by atoms with E-state index in [0.29, 0.717) is 12.4 Å². The van der Waals surface area contributed by atoms with Crippen LogP contribution in [0.25, 0.3) is 0 Å². The average Bonchev–Trinajstić information content (AvgIpc) is 2.27. The van der Waals surface area contributed by atoms with Crippen molar-refractivity contribution in [3.63, 3.8) is 0 Å². The summed E-state index contributed by atoms with van der Waals surface area (Å²) in [5.74, 6) is 0.0687. The largest absolute Gasteiger partial charge is 0.366 e. The second kappa shape index (κ2) is 5.07. The van der Waals surface area contributed by atoms with Crippen LogP contribution in [0.15, 0.2) is 46.9 Å². The van der Waals surface area contributed by atoms with E-state index in [-0.39, 0.29) is 0 Å². The molecule has 2 nitrogen and oxygen atoms in total. The van der Waals surface area contributed by atoms with Crippen LogP contribution in [0.3, 0.4) is 0 Å². The van der Waals surface area contributed by atoms with Crippen LogP contribution in [0.1, 0.15) is 5.56 Å². The molecule has 0 atom stereocenters. The molecular formula is C12H10BrFN2. The number of aromatic nitrogens is 1. The minimum absolute atomic E-state index is 0.473. The maximum atomic E-state index is 12.8. The van der Waals surface area contributed by atoms with Crippen LogP contribution in [0.5, 0.6) is 0 Å². The van der Waals surface area contributed by atoms with Crippen LogP contribution < -0.4 is 5.32 Å². The summed E-state index contributed by atoms with van der Waals surface area (Å²) < 4.78 is 13.8. The fourth-order valence-electron chi connectivity index (χ4n) is 1.35. The third-order valence-corrected chi connectivity index (χ3v) is 2.57. The SMILES string of the molecule is Fc1cccc(NCc2cccc(Br)c2)n1. The third-order valence-electron chi connectivity index (χ3n) is 2.08. The van der Waals surface area contributed by atoms with Crippen LogP contribution in [0.2, 0.25) is 0 Å². The molecule has 1 N–H and O–H groups in total. The smallest absolute Gasteiger partial charge is 0.214 e. The molecule has 0 fully saturated rings. The lowest BCUT2D eigenvalue weighted by Crippen LogP contribution is -2.01. The average molecular weight is 281 g/mol. The maximum Gasteiger partial charge on any atom is 0.214 e. The second-order valence-electron chi connectivity index (χ2n) is 3.33. The van der Waals surface area contributed by atoms with Crippen LogP contribution in [0.4, 0.5) is 10.2 Å². The van der Waals surface area contributed by atoms with E-state index in [1.54, 1.807) is 12.1 Å². The molecule has 1 heterocycles. The molecule has 0 amide bonds. The Morgan fingerprint density at radius 1 is 1.19 bits per heavy atom. The minimum atomic E-state index is -0.473. The van der Waals surface area contributed by atoms with Gasteiger partial charge in [0.25, 0.3) is 0 Å². The number of rotatable bonds is 3. The molecule has 0 aliphatic rings. The number of hydrogen-bond acceptors (Lipinski definition) is 2. The highest BCUT2D eigenvalue weighted by Crippen LogP contribution is 2.13. The lowest BCUT2D eigenvalue weighted by molar-refractivity contribution is 0.585. The first kappa shape index (κ1) is 11.1. The highest BCUT2D eigenvalue weighted by Gasteiger charge is 1.97. The topological polar surface area (TPSA) is 24.9 Å². The monoisotopic (exact) mass is 280 g/mol. The van der Waals surface area contributed by atoms with E-state index >= 15 is 0 Å². The van der Waals surface area contributed by atoms with Gasteiger partial charge in [0.2, 0.25) is 5.95 Å². The van der Waals surface area contributed by atoms with E-state index in [0.717, 1.165) is 10.0 Å². The van der Waals surface area contributed by atoms with E-state index in [1.807, 2.05) is 24.3 Å². The Balaban J connectivity index is 2.02. The summed E-state index contributed by atoms with van der Waals surface area (Å²) in [7, 11) is 0. The van der Waals surface area contributed by atoms with E-state index in [2.05, 4.69) is 26.2 Å². The molecule has 0 saturated heterocycles. The fourth-order valence-corrected chi connectivity index (χ4v) is 1.79. The van der Waals surface area contributed by atoms with Crippen LogP contribution >= 0.6 is 15.9 Å². The van der Waals surface area contributed by atoms with Gasteiger partial charge in [0.15, 0.2) is 0 Å². The zero-order valence-corrected chi connectivity index (χ0v) is 10.0. The van der Waals surface area contributed by atoms with Gasteiger partial charge in [-0.2, -0.15) is 4.39 Å². The Kier molecular flexibility index (Phi) is 3.51. The lowest BCUT2D eigenvalue weighted by atomic mass is 10.2. The summed E-state index contributed by atoms with van der Waals surface area (Å²) in [6, 6.07) is 12.6. The van der Waals surface area contributed by atoms with E-state index in [1.165, 1.54) is 6.07 Å². The summed E-state index contributed by atoms with van der Waals surface area (Å²) in [5, 5.41) is 3.06. The van der Waals surface area contributed by atoms with Gasteiger partial charge in [-0.05, 0) is 29.8 Å². The highest BCUT2D eigenvalue weighted by molar-refractivity contribution is 9.10. The summed E-state index contributed by atoms with van der Waals surface area (Å²) in [4.78, 5) is 3.72. The molecule has 0 unspecified atom stereocenters.